The number of hydrogen-bond acceptors (Lipinski definition) is 8. The summed E-state index contributed by atoms with van der Waals surface area (Å²) < 4.78 is 11.8. The largest absolute Gasteiger partial charge is 0.448 e. The van der Waals surface area contributed by atoms with Crippen molar-refractivity contribution in [3.63, 3.8) is 0 Å². The second kappa shape index (κ2) is 11.9. The van der Waals surface area contributed by atoms with E-state index in [1.165, 1.54) is 7.11 Å². The molecule has 210 valence electrons. The fourth-order valence-electron chi connectivity index (χ4n) is 5.07. The van der Waals surface area contributed by atoms with Gasteiger partial charge in [0.2, 0.25) is 0 Å². The number of ether oxygens (including phenoxy) is 2. The zero-order valence-electron chi connectivity index (χ0n) is 23.0. The van der Waals surface area contributed by atoms with Crippen LogP contribution in [0.25, 0.3) is 0 Å². The standard InChI is InChI=1S/C29H34N6O5/c1-4-40-29(38)35-24-19-34(28(37)25(39-3)20-8-6-5-7-9-20)18-23(24)26(31-35)30-27(36)21-10-12-22(13-11-21)33-16-14-32(2)15-17-33/h5-13,25H,4,14-19H2,1-3H3,(H,30,31,36). The first-order valence-corrected chi connectivity index (χ1v) is 13.4. The van der Waals surface area contributed by atoms with Gasteiger partial charge in [-0.15, -0.1) is 5.10 Å². The van der Waals surface area contributed by atoms with E-state index in [9.17, 15) is 14.4 Å². The lowest BCUT2D eigenvalue weighted by Gasteiger charge is -2.34. The van der Waals surface area contributed by atoms with Crippen molar-refractivity contribution in [2.24, 2.45) is 0 Å². The maximum absolute atomic E-state index is 13.4. The van der Waals surface area contributed by atoms with Crippen LogP contribution >= 0.6 is 0 Å². The van der Waals surface area contributed by atoms with Gasteiger partial charge < -0.3 is 29.5 Å². The Kier molecular flexibility index (Phi) is 8.13. The molecule has 2 aromatic carbocycles. The third-order valence-corrected chi connectivity index (χ3v) is 7.32. The summed E-state index contributed by atoms with van der Waals surface area (Å²) in [5.74, 6) is -0.387. The van der Waals surface area contributed by atoms with E-state index >= 15 is 0 Å². The Morgan fingerprint density at radius 3 is 2.33 bits per heavy atom. The molecule has 0 radical (unpaired) electrons. The number of methoxy groups -OCH3 is 1. The van der Waals surface area contributed by atoms with Crippen LogP contribution in [0, 0.1) is 0 Å². The SMILES string of the molecule is CCOC(=O)n1nc(NC(=O)c2ccc(N3CCN(C)CC3)cc2)c2c1CN(C(=O)C(OC)c1ccccc1)C2. The summed E-state index contributed by atoms with van der Waals surface area (Å²) in [6.45, 7) is 6.01. The first-order valence-electron chi connectivity index (χ1n) is 13.4. The normalized spacial score (nSPS) is 16.0. The van der Waals surface area contributed by atoms with Crippen LogP contribution in [0.4, 0.5) is 16.3 Å². The van der Waals surface area contributed by atoms with E-state index in [1.54, 1.807) is 24.0 Å². The zero-order chi connectivity index (χ0) is 28.2. The van der Waals surface area contributed by atoms with Crippen molar-refractivity contribution in [1.82, 2.24) is 19.6 Å². The Bertz CT molecular complexity index is 1370. The van der Waals surface area contributed by atoms with Crippen LogP contribution in [0.2, 0.25) is 0 Å². The lowest BCUT2D eigenvalue weighted by Crippen LogP contribution is -2.44. The average molecular weight is 547 g/mol. The summed E-state index contributed by atoms with van der Waals surface area (Å²) >= 11 is 0. The predicted molar refractivity (Wildman–Crippen MR) is 149 cm³/mol. The van der Waals surface area contributed by atoms with Crippen LogP contribution in [0.1, 0.15) is 40.2 Å². The number of fused-ring (bicyclic) bond motifs is 1. The molecule has 1 aromatic heterocycles. The third-order valence-electron chi connectivity index (χ3n) is 7.32. The number of carbonyl (C=O) groups is 3. The van der Waals surface area contributed by atoms with Crippen molar-refractivity contribution in [2.75, 3.05) is 57.2 Å². The van der Waals surface area contributed by atoms with Gasteiger partial charge in [0, 0.05) is 50.1 Å². The number of nitrogens with zero attached hydrogens (tertiary/aromatic N) is 5. The van der Waals surface area contributed by atoms with Gasteiger partial charge in [0.1, 0.15) is 0 Å². The lowest BCUT2D eigenvalue weighted by atomic mass is 10.1. The summed E-state index contributed by atoms with van der Waals surface area (Å²) in [4.78, 5) is 45.5. The minimum atomic E-state index is -0.800. The molecule has 1 N–H and O–H groups in total. The average Bonchev–Trinajstić information content (AvgIpc) is 3.55. The molecule has 1 atom stereocenters. The quantitative estimate of drug-likeness (QED) is 0.482. The molecule has 5 rings (SSSR count). The number of likely N-dealkylation sites (N-methyl/N-ethyl adjacent to an activating group) is 1. The van der Waals surface area contributed by atoms with Gasteiger partial charge in [0.25, 0.3) is 11.8 Å². The molecule has 11 heteroatoms. The second-order valence-corrected chi connectivity index (χ2v) is 9.90. The summed E-state index contributed by atoms with van der Waals surface area (Å²) in [6.07, 6.45) is -1.47. The predicted octanol–water partition coefficient (Wildman–Crippen LogP) is 3.12. The third kappa shape index (κ3) is 5.56. The van der Waals surface area contributed by atoms with Crippen LogP contribution in [-0.2, 0) is 27.4 Å². The van der Waals surface area contributed by atoms with E-state index in [2.05, 4.69) is 27.3 Å². The second-order valence-electron chi connectivity index (χ2n) is 9.90. The van der Waals surface area contributed by atoms with Gasteiger partial charge in [-0.3, -0.25) is 9.59 Å². The molecule has 0 bridgehead atoms. The van der Waals surface area contributed by atoms with Crippen LogP contribution in [0.5, 0.6) is 0 Å². The Labute approximate surface area is 233 Å². The monoisotopic (exact) mass is 546 g/mol. The molecule has 0 aliphatic carbocycles. The molecule has 2 aliphatic heterocycles. The highest BCUT2D eigenvalue weighted by Gasteiger charge is 2.36. The molecule has 1 unspecified atom stereocenters. The molecule has 40 heavy (non-hydrogen) atoms. The number of nitrogens with one attached hydrogen (secondary N) is 1. The van der Waals surface area contributed by atoms with Crippen LogP contribution in [0.15, 0.2) is 54.6 Å². The van der Waals surface area contributed by atoms with Crippen molar-refractivity contribution in [3.05, 3.63) is 77.0 Å². The van der Waals surface area contributed by atoms with Crippen molar-refractivity contribution in [3.8, 4) is 0 Å². The van der Waals surface area contributed by atoms with Crippen molar-refractivity contribution in [1.29, 1.82) is 0 Å². The molecule has 1 saturated heterocycles. The number of carbonyl (C=O) groups excluding carboxylic acids is 3. The first-order chi connectivity index (χ1) is 19.4. The van der Waals surface area contributed by atoms with Crippen molar-refractivity contribution >= 4 is 29.4 Å². The zero-order valence-corrected chi connectivity index (χ0v) is 23.0. The van der Waals surface area contributed by atoms with Gasteiger partial charge in [0.15, 0.2) is 11.9 Å². The fourth-order valence-corrected chi connectivity index (χ4v) is 5.07. The van der Waals surface area contributed by atoms with Gasteiger partial charge in [-0.25, -0.2) is 4.79 Å². The Hall–Kier alpha value is -4.22. The van der Waals surface area contributed by atoms with Crippen molar-refractivity contribution < 1.29 is 23.9 Å². The number of rotatable bonds is 7. The number of hydrogen-bond donors (Lipinski definition) is 1. The minimum absolute atomic E-state index is 0.127. The van der Waals surface area contributed by atoms with Crippen LogP contribution in [-0.4, -0.2) is 84.4 Å². The number of aromatic nitrogens is 2. The van der Waals surface area contributed by atoms with Gasteiger partial charge in [0.05, 0.1) is 25.4 Å². The molecule has 2 aliphatic rings. The highest BCUT2D eigenvalue weighted by atomic mass is 16.6. The van der Waals surface area contributed by atoms with Gasteiger partial charge in [-0.1, -0.05) is 30.3 Å². The maximum atomic E-state index is 13.4. The summed E-state index contributed by atoms with van der Waals surface area (Å²) in [5, 5.41) is 7.21. The number of piperazine rings is 1. The van der Waals surface area contributed by atoms with E-state index in [-0.39, 0.29) is 37.3 Å². The van der Waals surface area contributed by atoms with Gasteiger partial charge >= 0.3 is 6.09 Å². The van der Waals surface area contributed by atoms with Crippen LogP contribution < -0.4 is 10.2 Å². The Balaban J connectivity index is 1.35. The van der Waals surface area contributed by atoms with Gasteiger partial charge in [-0.2, -0.15) is 4.68 Å². The first kappa shape index (κ1) is 27.4. The smallest absolute Gasteiger partial charge is 0.435 e. The number of anilines is 2. The van der Waals surface area contributed by atoms with Gasteiger partial charge in [-0.05, 0) is 43.8 Å². The summed E-state index contributed by atoms with van der Waals surface area (Å²) in [5.41, 5.74) is 3.35. The summed E-state index contributed by atoms with van der Waals surface area (Å²) in [6, 6.07) is 16.7. The molecule has 3 heterocycles. The summed E-state index contributed by atoms with van der Waals surface area (Å²) in [7, 11) is 3.60. The van der Waals surface area contributed by atoms with Crippen LogP contribution in [0.3, 0.4) is 0 Å². The van der Waals surface area contributed by atoms with E-state index < -0.39 is 12.2 Å². The highest BCUT2D eigenvalue weighted by molar-refractivity contribution is 6.04. The maximum Gasteiger partial charge on any atom is 0.435 e. The van der Waals surface area contributed by atoms with E-state index in [4.69, 9.17) is 9.47 Å². The highest BCUT2D eigenvalue weighted by Crippen LogP contribution is 2.32. The molecule has 0 spiro atoms. The Morgan fingerprint density at radius 1 is 0.975 bits per heavy atom. The van der Waals surface area contributed by atoms with E-state index in [0.717, 1.165) is 42.1 Å². The lowest BCUT2D eigenvalue weighted by molar-refractivity contribution is -0.143. The molecular formula is C29H34N6O5. The molecule has 3 aromatic rings. The minimum Gasteiger partial charge on any atom is -0.448 e. The topological polar surface area (TPSA) is 109 Å². The fraction of sp³-hybridized carbons (Fsp3) is 0.379. The van der Waals surface area contributed by atoms with E-state index in [1.807, 2.05) is 42.5 Å². The number of amides is 2. The Morgan fingerprint density at radius 2 is 1.68 bits per heavy atom. The molecular weight excluding hydrogens is 512 g/mol. The molecule has 1 fully saturated rings. The molecule has 0 saturated carbocycles. The van der Waals surface area contributed by atoms with E-state index in [0.29, 0.717) is 16.8 Å². The van der Waals surface area contributed by atoms with Crippen molar-refractivity contribution in [2.45, 2.75) is 26.1 Å². The number of benzene rings is 2. The molecule has 2 amide bonds. The molecule has 11 nitrogen and oxygen atoms in total.